The molecule has 0 amide bonds. The van der Waals surface area contributed by atoms with Gasteiger partial charge in [-0.1, -0.05) is 39.9 Å². The zero-order chi connectivity index (χ0) is 10.5. The average Bonchev–Trinajstić information content (AvgIpc) is 2.00. The molecule has 0 aromatic carbocycles. The van der Waals surface area contributed by atoms with E-state index >= 15 is 0 Å². The molecule has 0 aromatic rings. The lowest BCUT2D eigenvalue weighted by Crippen LogP contribution is -2.38. The standard InChI is InChI=1S/C10H20BIO/c1-4-5-6-9(2,3)10(12,13)7-8-11/h13H,4-8H2,1-3H3/t10-/m0/s1. The van der Waals surface area contributed by atoms with Crippen LogP contribution in [0, 0.1) is 5.41 Å². The molecule has 0 saturated carbocycles. The lowest BCUT2D eigenvalue weighted by Gasteiger charge is -2.38. The van der Waals surface area contributed by atoms with E-state index in [-0.39, 0.29) is 5.41 Å². The van der Waals surface area contributed by atoms with E-state index in [4.69, 9.17) is 7.85 Å². The number of halogens is 1. The molecule has 0 aromatic heterocycles. The molecule has 1 nitrogen and oxygen atoms in total. The summed E-state index contributed by atoms with van der Waals surface area (Å²) in [6.45, 7) is 6.40. The van der Waals surface area contributed by atoms with Gasteiger partial charge in [-0.15, -0.1) is 0 Å². The minimum absolute atomic E-state index is 0.0388. The Hall–Kier alpha value is 0.755. The van der Waals surface area contributed by atoms with Gasteiger partial charge in [0.1, 0.15) is 3.61 Å². The van der Waals surface area contributed by atoms with Gasteiger partial charge in [-0.25, -0.2) is 0 Å². The molecule has 76 valence electrons. The van der Waals surface area contributed by atoms with Gasteiger partial charge in [-0.05, 0) is 35.4 Å². The predicted octanol–water partition coefficient (Wildman–Crippen LogP) is 3.30. The smallest absolute Gasteiger partial charge is 0.120 e. The second kappa shape index (κ2) is 5.59. The first-order valence-electron chi connectivity index (χ1n) is 4.99. The van der Waals surface area contributed by atoms with Crippen molar-refractivity contribution in [2.24, 2.45) is 5.41 Å². The Morgan fingerprint density at radius 2 is 1.85 bits per heavy atom. The summed E-state index contributed by atoms with van der Waals surface area (Å²) in [4.78, 5) is 0. The van der Waals surface area contributed by atoms with Crippen LogP contribution < -0.4 is 0 Å². The summed E-state index contributed by atoms with van der Waals surface area (Å²) in [6, 6.07) is 0. The molecule has 0 saturated heterocycles. The highest BCUT2D eigenvalue weighted by atomic mass is 127. The summed E-state index contributed by atoms with van der Waals surface area (Å²) in [5, 5.41) is 10.2. The maximum atomic E-state index is 10.2. The third-order valence-corrected chi connectivity index (χ3v) is 4.67. The highest BCUT2D eigenvalue weighted by molar-refractivity contribution is 14.1. The maximum Gasteiger partial charge on any atom is 0.120 e. The van der Waals surface area contributed by atoms with Crippen LogP contribution in [0.1, 0.15) is 46.5 Å². The molecular formula is C10H20BIO. The van der Waals surface area contributed by atoms with Crippen molar-refractivity contribution in [3.63, 3.8) is 0 Å². The van der Waals surface area contributed by atoms with E-state index in [2.05, 4.69) is 43.4 Å². The van der Waals surface area contributed by atoms with Crippen LogP contribution >= 0.6 is 22.6 Å². The van der Waals surface area contributed by atoms with Crippen molar-refractivity contribution in [1.82, 2.24) is 0 Å². The van der Waals surface area contributed by atoms with Crippen LogP contribution in [0.3, 0.4) is 0 Å². The molecule has 2 radical (unpaired) electrons. The molecule has 0 aliphatic carbocycles. The zero-order valence-corrected chi connectivity index (χ0v) is 11.1. The summed E-state index contributed by atoms with van der Waals surface area (Å²) in [7, 11) is 5.48. The third-order valence-electron chi connectivity index (χ3n) is 2.67. The van der Waals surface area contributed by atoms with Crippen molar-refractivity contribution in [3.05, 3.63) is 0 Å². The molecule has 1 N–H and O–H groups in total. The van der Waals surface area contributed by atoms with E-state index in [9.17, 15) is 5.11 Å². The van der Waals surface area contributed by atoms with Crippen molar-refractivity contribution in [1.29, 1.82) is 0 Å². The number of hydrogen-bond acceptors (Lipinski definition) is 1. The van der Waals surface area contributed by atoms with E-state index in [1.54, 1.807) is 0 Å². The summed E-state index contributed by atoms with van der Waals surface area (Å²) >= 11 is 2.13. The Morgan fingerprint density at radius 1 is 1.31 bits per heavy atom. The monoisotopic (exact) mass is 294 g/mol. The highest BCUT2D eigenvalue weighted by Crippen LogP contribution is 2.43. The van der Waals surface area contributed by atoms with Crippen LogP contribution in [-0.4, -0.2) is 16.6 Å². The summed E-state index contributed by atoms with van der Waals surface area (Å²) in [6.07, 6.45) is 4.63. The summed E-state index contributed by atoms with van der Waals surface area (Å²) in [5.74, 6) is 0. The number of hydrogen-bond donors (Lipinski definition) is 1. The van der Waals surface area contributed by atoms with Crippen LogP contribution in [-0.2, 0) is 0 Å². The van der Waals surface area contributed by atoms with Gasteiger partial charge in [0.25, 0.3) is 0 Å². The van der Waals surface area contributed by atoms with Gasteiger partial charge in [0.2, 0.25) is 0 Å². The Kier molecular flexibility index (Phi) is 5.92. The number of aliphatic hydroxyl groups is 1. The van der Waals surface area contributed by atoms with Gasteiger partial charge in [-0.2, -0.15) is 0 Å². The van der Waals surface area contributed by atoms with Gasteiger partial charge in [0.05, 0.1) is 7.85 Å². The lowest BCUT2D eigenvalue weighted by molar-refractivity contribution is 0.0231. The van der Waals surface area contributed by atoms with Crippen LogP contribution in [0.25, 0.3) is 0 Å². The minimum atomic E-state index is -0.658. The summed E-state index contributed by atoms with van der Waals surface area (Å²) < 4.78 is -0.658. The van der Waals surface area contributed by atoms with E-state index in [0.717, 1.165) is 6.42 Å². The normalized spacial score (nSPS) is 17.0. The molecule has 1 atom stereocenters. The first-order chi connectivity index (χ1) is 5.87. The van der Waals surface area contributed by atoms with E-state index in [1.165, 1.54) is 12.8 Å². The van der Waals surface area contributed by atoms with Crippen molar-refractivity contribution >= 4 is 30.4 Å². The van der Waals surface area contributed by atoms with Crippen LogP contribution in [0.2, 0.25) is 6.32 Å². The maximum absolute atomic E-state index is 10.2. The minimum Gasteiger partial charge on any atom is -0.379 e. The Labute approximate surface area is 97.2 Å². The summed E-state index contributed by atoms with van der Waals surface area (Å²) in [5.41, 5.74) is -0.0388. The fourth-order valence-electron chi connectivity index (χ4n) is 1.34. The van der Waals surface area contributed by atoms with Crippen LogP contribution in [0.15, 0.2) is 0 Å². The molecule has 0 aliphatic heterocycles. The number of unbranched alkanes of at least 4 members (excludes halogenated alkanes) is 1. The van der Waals surface area contributed by atoms with E-state index in [0.29, 0.717) is 12.7 Å². The molecule has 0 spiro atoms. The quantitative estimate of drug-likeness (QED) is 0.453. The largest absolute Gasteiger partial charge is 0.379 e. The van der Waals surface area contributed by atoms with Crippen molar-refractivity contribution < 1.29 is 5.11 Å². The Balaban J connectivity index is 4.22. The molecule has 0 bridgehead atoms. The Bertz CT molecular complexity index is 146. The third kappa shape index (κ3) is 4.19. The molecule has 0 unspecified atom stereocenters. The molecule has 0 rings (SSSR count). The molecule has 0 fully saturated rings. The van der Waals surface area contributed by atoms with E-state index < -0.39 is 3.61 Å². The Morgan fingerprint density at radius 3 is 2.23 bits per heavy atom. The second-order valence-electron chi connectivity index (χ2n) is 4.29. The zero-order valence-electron chi connectivity index (χ0n) is 8.94. The molecular weight excluding hydrogens is 274 g/mol. The highest BCUT2D eigenvalue weighted by Gasteiger charge is 2.39. The molecule has 0 aliphatic rings. The van der Waals surface area contributed by atoms with Crippen LogP contribution in [0.5, 0.6) is 0 Å². The second-order valence-corrected chi connectivity index (χ2v) is 6.07. The molecule has 13 heavy (non-hydrogen) atoms. The van der Waals surface area contributed by atoms with Crippen molar-refractivity contribution in [2.75, 3.05) is 0 Å². The molecule has 3 heteroatoms. The lowest BCUT2D eigenvalue weighted by atomic mass is 9.78. The topological polar surface area (TPSA) is 20.2 Å². The predicted molar refractivity (Wildman–Crippen MR) is 67.5 cm³/mol. The van der Waals surface area contributed by atoms with Gasteiger partial charge in [0.15, 0.2) is 0 Å². The van der Waals surface area contributed by atoms with Crippen LogP contribution in [0.4, 0.5) is 0 Å². The van der Waals surface area contributed by atoms with Crippen molar-refractivity contribution in [3.8, 4) is 0 Å². The van der Waals surface area contributed by atoms with E-state index in [1.807, 2.05) is 0 Å². The molecule has 0 heterocycles. The van der Waals surface area contributed by atoms with Gasteiger partial charge < -0.3 is 5.11 Å². The number of alkyl halides is 1. The number of rotatable bonds is 6. The van der Waals surface area contributed by atoms with Gasteiger partial charge >= 0.3 is 0 Å². The van der Waals surface area contributed by atoms with Gasteiger partial charge in [0, 0.05) is 5.41 Å². The SMILES string of the molecule is [B]CC[C@@](O)(I)C(C)(C)CCCC. The van der Waals surface area contributed by atoms with Crippen molar-refractivity contribution in [2.45, 2.75) is 56.4 Å². The first kappa shape index (κ1) is 13.8. The van der Waals surface area contributed by atoms with Gasteiger partial charge in [-0.3, -0.25) is 0 Å². The fourth-order valence-corrected chi connectivity index (χ4v) is 1.92. The fraction of sp³-hybridized carbons (Fsp3) is 1.00. The first-order valence-corrected chi connectivity index (χ1v) is 6.06. The average molecular weight is 294 g/mol.